The first kappa shape index (κ1) is 13.0. The van der Waals surface area contributed by atoms with Crippen molar-refractivity contribution in [2.45, 2.75) is 13.5 Å². The second kappa shape index (κ2) is 5.20. The van der Waals surface area contributed by atoms with Crippen molar-refractivity contribution < 1.29 is 9.53 Å². The van der Waals surface area contributed by atoms with Gasteiger partial charge in [0, 0.05) is 18.0 Å². The maximum atomic E-state index is 12.0. The van der Waals surface area contributed by atoms with E-state index >= 15 is 0 Å². The number of H-pyrrole nitrogens is 1. The number of aromatic nitrogens is 4. The number of imidazole rings is 1. The van der Waals surface area contributed by atoms with Crippen molar-refractivity contribution in [1.29, 1.82) is 0 Å². The average molecular weight is 284 g/mol. The number of pyridine rings is 1. The molecule has 0 saturated carbocycles. The van der Waals surface area contributed by atoms with E-state index in [0.717, 1.165) is 5.52 Å². The average Bonchev–Trinajstić information content (AvgIpc) is 2.93. The molecule has 0 aromatic carbocycles. The van der Waals surface area contributed by atoms with Crippen molar-refractivity contribution in [3.8, 4) is 0 Å². The van der Waals surface area contributed by atoms with E-state index in [1.165, 1.54) is 6.07 Å². The summed E-state index contributed by atoms with van der Waals surface area (Å²) in [7, 11) is 0. The largest absolute Gasteiger partial charge is 0.455 e. The Balaban J connectivity index is 1.75. The van der Waals surface area contributed by atoms with Crippen LogP contribution in [0.2, 0.25) is 0 Å². The molecule has 1 N–H and O–H groups in total. The van der Waals surface area contributed by atoms with Gasteiger partial charge in [-0.15, -0.1) is 0 Å². The van der Waals surface area contributed by atoms with Gasteiger partial charge in [-0.25, -0.2) is 9.78 Å². The van der Waals surface area contributed by atoms with Gasteiger partial charge in [0.05, 0.1) is 23.6 Å². The Morgan fingerprint density at radius 3 is 3.10 bits per heavy atom. The topological polar surface area (TPSA) is 89.3 Å². The Bertz CT molecular complexity index is 866. The normalized spacial score (nSPS) is 10.7. The molecule has 3 rings (SSSR count). The van der Waals surface area contributed by atoms with Crippen LogP contribution in [0.25, 0.3) is 5.52 Å². The molecule has 7 nitrogen and oxygen atoms in total. The highest BCUT2D eigenvalue weighted by Gasteiger charge is 2.10. The van der Waals surface area contributed by atoms with Crippen LogP contribution in [0.4, 0.5) is 0 Å². The summed E-state index contributed by atoms with van der Waals surface area (Å²) >= 11 is 0. The van der Waals surface area contributed by atoms with Crippen molar-refractivity contribution in [2.75, 3.05) is 0 Å². The molecule has 0 aliphatic carbocycles. The molecule has 0 saturated heterocycles. The molecule has 7 heteroatoms. The minimum absolute atomic E-state index is 0.166. The zero-order valence-corrected chi connectivity index (χ0v) is 11.2. The van der Waals surface area contributed by atoms with Gasteiger partial charge < -0.3 is 9.14 Å². The Morgan fingerprint density at radius 2 is 2.29 bits per heavy atom. The van der Waals surface area contributed by atoms with Crippen molar-refractivity contribution in [2.24, 2.45) is 0 Å². The van der Waals surface area contributed by atoms with Gasteiger partial charge in [-0.05, 0) is 19.1 Å². The molecule has 3 aromatic rings. The molecule has 0 radical (unpaired) electrons. The fourth-order valence-corrected chi connectivity index (χ4v) is 1.89. The van der Waals surface area contributed by atoms with Crippen LogP contribution in [-0.2, 0) is 11.3 Å². The number of ether oxygens (including phenoxy) is 1. The van der Waals surface area contributed by atoms with E-state index in [0.29, 0.717) is 11.3 Å². The zero-order valence-electron chi connectivity index (χ0n) is 11.2. The summed E-state index contributed by atoms with van der Waals surface area (Å²) in [5.41, 5.74) is 1.74. The van der Waals surface area contributed by atoms with Gasteiger partial charge in [0.1, 0.15) is 12.3 Å². The zero-order chi connectivity index (χ0) is 14.8. The number of nitrogens with one attached hydrogen (secondary N) is 1. The van der Waals surface area contributed by atoms with E-state index in [1.54, 1.807) is 42.2 Å². The van der Waals surface area contributed by atoms with Crippen LogP contribution in [0.1, 0.15) is 21.7 Å². The summed E-state index contributed by atoms with van der Waals surface area (Å²) in [5, 5.41) is 6.53. The lowest BCUT2D eigenvalue weighted by Gasteiger charge is -2.04. The SMILES string of the molecule is Cc1cc(=O)c(COC(=O)c2ccn3cncc3c2)n[nH]1. The lowest BCUT2D eigenvalue weighted by molar-refractivity contribution is 0.0465. The van der Waals surface area contributed by atoms with Gasteiger partial charge in [-0.3, -0.25) is 9.89 Å². The van der Waals surface area contributed by atoms with Gasteiger partial charge in [-0.2, -0.15) is 5.10 Å². The monoisotopic (exact) mass is 284 g/mol. The maximum Gasteiger partial charge on any atom is 0.338 e. The van der Waals surface area contributed by atoms with Crippen LogP contribution in [0.3, 0.4) is 0 Å². The first-order valence-electron chi connectivity index (χ1n) is 6.27. The molecule has 3 heterocycles. The van der Waals surface area contributed by atoms with E-state index in [1.807, 2.05) is 0 Å². The number of rotatable bonds is 3. The van der Waals surface area contributed by atoms with Gasteiger partial charge >= 0.3 is 5.97 Å². The molecule has 0 bridgehead atoms. The fraction of sp³-hybridized carbons (Fsp3) is 0.143. The van der Waals surface area contributed by atoms with Crippen LogP contribution in [0.15, 0.2) is 41.7 Å². The Labute approximate surface area is 119 Å². The smallest absolute Gasteiger partial charge is 0.338 e. The molecule has 0 atom stereocenters. The number of hydrogen-bond acceptors (Lipinski definition) is 5. The Morgan fingerprint density at radius 1 is 1.43 bits per heavy atom. The van der Waals surface area contributed by atoms with Crippen molar-refractivity contribution >= 4 is 11.5 Å². The highest BCUT2D eigenvalue weighted by atomic mass is 16.5. The van der Waals surface area contributed by atoms with Crippen molar-refractivity contribution in [3.63, 3.8) is 0 Å². The maximum absolute atomic E-state index is 12.0. The Kier molecular flexibility index (Phi) is 3.23. The van der Waals surface area contributed by atoms with Gasteiger partial charge in [-0.1, -0.05) is 0 Å². The highest BCUT2D eigenvalue weighted by molar-refractivity contribution is 5.90. The number of carbonyl (C=O) groups is 1. The summed E-state index contributed by atoms with van der Waals surface area (Å²) < 4.78 is 6.89. The molecular formula is C14H12N4O3. The van der Waals surface area contributed by atoms with Crippen LogP contribution >= 0.6 is 0 Å². The second-order valence-corrected chi connectivity index (χ2v) is 4.58. The number of esters is 1. The number of nitrogens with zero attached hydrogens (tertiary/aromatic N) is 3. The van der Waals surface area contributed by atoms with E-state index in [9.17, 15) is 9.59 Å². The predicted octanol–water partition coefficient (Wildman–Crippen LogP) is 1.08. The summed E-state index contributed by atoms with van der Waals surface area (Å²) in [4.78, 5) is 27.6. The van der Waals surface area contributed by atoms with Crippen LogP contribution in [0, 0.1) is 6.92 Å². The highest BCUT2D eigenvalue weighted by Crippen LogP contribution is 2.08. The standard InChI is InChI=1S/C14H12N4O3/c1-9-4-13(19)12(17-16-9)7-21-14(20)10-2-3-18-8-15-6-11(18)5-10/h2-6,8H,7H2,1H3,(H,16,19). The van der Waals surface area contributed by atoms with Crippen LogP contribution < -0.4 is 5.43 Å². The van der Waals surface area contributed by atoms with Gasteiger partial charge in [0.25, 0.3) is 0 Å². The lowest BCUT2D eigenvalue weighted by atomic mass is 10.2. The number of aryl methyl sites for hydroxylation is 1. The van der Waals surface area contributed by atoms with Crippen LogP contribution in [-0.4, -0.2) is 25.6 Å². The summed E-state index contributed by atoms with van der Waals surface area (Å²) in [6.45, 7) is 1.56. The molecule has 0 aliphatic rings. The summed E-state index contributed by atoms with van der Waals surface area (Å²) in [6, 6.07) is 4.71. The lowest BCUT2D eigenvalue weighted by Crippen LogP contribution is -2.16. The summed E-state index contributed by atoms with van der Waals surface area (Å²) in [5.74, 6) is -0.513. The first-order chi connectivity index (χ1) is 10.1. The minimum atomic E-state index is -0.513. The molecule has 21 heavy (non-hydrogen) atoms. The number of carbonyl (C=O) groups excluding carboxylic acids is 1. The predicted molar refractivity (Wildman–Crippen MR) is 73.9 cm³/mol. The molecule has 0 aliphatic heterocycles. The van der Waals surface area contributed by atoms with Crippen molar-refractivity contribution in [3.05, 3.63) is 64.1 Å². The Hall–Kier alpha value is -2.96. The van der Waals surface area contributed by atoms with Crippen molar-refractivity contribution in [1.82, 2.24) is 19.6 Å². The van der Waals surface area contributed by atoms with Gasteiger partial charge in [0.2, 0.25) is 5.43 Å². The quantitative estimate of drug-likeness (QED) is 0.727. The molecule has 3 aromatic heterocycles. The molecular weight excluding hydrogens is 272 g/mol. The van der Waals surface area contributed by atoms with E-state index in [4.69, 9.17) is 4.74 Å². The van der Waals surface area contributed by atoms with Crippen LogP contribution in [0.5, 0.6) is 0 Å². The molecule has 0 amide bonds. The first-order valence-corrected chi connectivity index (χ1v) is 6.27. The molecule has 106 valence electrons. The summed E-state index contributed by atoms with van der Waals surface area (Å²) in [6.07, 6.45) is 5.00. The minimum Gasteiger partial charge on any atom is -0.455 e. The number of aromatic amines is 1. The third kappa shape index (κ3) is 2.66. The third-order valence-electron chi connectivity index (χ3n) is 2.99. The second-order valence-electron chi connectivity index (χ2n) is 4.58. The molecule has 0 fully saturated rings. The van der Waals surface area contributed by atoms with Gasteiger partial charge in [0.15, 0.2) is 0 Å². The molecule has 0 spiro atoms. The number of hydrogen-bond donors (Lipinski definition) is 1. The fourth-order valence-electron chi connectivity index (χ4n) is 1.89. The van der Waals surface area contributed by atoms with E-state index in [2.05, 4.69) is 15.2 Å². The molecule has 0 unspecified atom stereocenters. The number of fused-ring (bicyclic) bond motifs is 1. The van der Waals surface area contributed by atoms with E-state index < -0.39 is 5.97 Å². The third-order valence-corrected chi connectivity index (χ3v) is 2.99. The van der Waals surface area contributed by atoms with E-state index in [-0.39, 0.29) is 17.7 Å².